The van der Waals surface area contributed by atoms with E-state index in [-0.39, 0.29) is 0 Å². The molecule has 0 aliphatic heterocycles. The van der Waals surface area contributed by atoms with Crippen molar-refractivity contribution in [2.45, 2.75) is 36.2 Å². The summed E-state index contributed by atoms with van der Waals surface area (Å²) in [7, 11) is 0. The topological polar surface area (TPSA) is 29.4 Å². The Morgan fingerprint density at radius 2 is 2.18 bits per heavy atom. The van der Waals surface area contributed by atoms with Crippen LogP contribution in [0.5, 0.6) is 0 Å². The Bertz CT molecular complexity index is 168. The summed E-state index contributed by atoms with van der Waals surface area (Å²) in [6.07, 6.45) is 6.32. The zero-order chi connectivity index (χ0) is 8.10. The first-order valence-electron chi connectivity index (χ1n) is 3.75. The van der Waals surface area contributed by atoms with Crippen molar-refractivity contribution >= 4 is 30.7 Å². The minimum absolute atomic E-state index is 0.408. The quantitative estimate of drug-likeness (QED) is 0.312. The minimum atomic E-state index is 0.408. The summed E-state index contributed by atoms with van der Waals surface area (Å²) in [6, 6.07) is 0. The van der Waals surface area contributed by atoms with Gasteiger partial charge in [0.1, 0.15) is 0 Å². The Morgan fingerprint density at radius 3 is 2.82 bits per heavy atom. The summed E-state index contributed by atoms with van der Waals surface area (Å²) in [4.78, 5) is 9.82. The Balaban J connectivity index is 2.35. The van der Waals surface area contributed by atoms with Crippen molar-refractivity contribution in [1.29, 1.82) is 0 Å². The van der Waals surface area contributed by atoms with E-state index in [1.807, 2.05) is 0 Å². The molecular formula is C7H11NOS2. The van der Waals surface area contributed by atoms with Gasteiger partial charge in [0.25, 0.3) is 0 Å². The predicted octanol–water partition coefficient (Wildman–Crippen LogP) is 2.21. The van der Waals surface area contributed by atoms with Gasteiger partial charge in [0.15, 0.2) is 0 Å². The Labute approximate surface area is 76.4 Å². The normalized spacial score (nSPS) is 31.0. The van der Waals surface area contributed by atoms with Crippen molar-refractivity contribution in [1.82, 2.24) is 0 Å². The summed E-state index contributed by atoms with van der Waals surface area (Å²) in [5.74, 6) is 0. The molecule has 62 valence electrons. The highest BCUT2D eigenvalue weighted by Gasteiger charge is 2.22. The van der Waals surface area contributed by atoms with Crippen molar-refractivity contribution in [3.05, 3.63) is 0 Å². The van der Waals surface area contributed by atoms with Crippen LogP contribution >= 0.6 is 24.6 Å². The van der Waals surface area contributed by atoms with Crippen LogP contribution in [-0.4, -0.2) is 16.6 Å². The predicted molar refractivity (Wildman–Crippen MR) is 50.7 cm³/mol. The van der Waals surface area contributed by atoms with E-state index < -0.39 is 0 Å². The van der Waals surface area contributed by atoms with Crippen LogP contribution < -0.4 is 0 Å². The average molecular weight is 189 g/mol. The van der Waals surface area contributed by atoms with Gasteiger partial charge in [-0.1, -0.05) is 12.8 Å². The molecule has 11 heavy (non-hydrogen) atoms. The van der Waals surface area contributed by atoms with Gasteiger partial charge in [0.05, 0.1) is 0 Å². The van der Waals surface area contributed by atoms with Gasteiger partial charge in [-0.15, -0.1) is 4.40 Å². The number of carbonyl (C=O) groups excluding carboxylic acids is 1. The molecule has 1 aliphatic carbocycles. The summed E-state index contributed by atoms with van der Waals surface area (Å²) in [6.45, 7) is 0. The standard InChI is InChI=1S/C7H11NOS2/c9-5-8-11-7-4-2-1-3-6(7)10/h6-7,10H,1-4H2. The van der Waals surface area contributed by atoms with E-state index in [4.69, 9.17) is 0 Å². The van der Waals surface area contributed by atoms with E-state index >= 15 is 0 Å². The molecule has 0 amide bonds. The van der Waals surface area contributed by atoms with Crippen LogP contribution in [0.15, 0.2) is 4.40 Å². The second kappa shape index (κ2) is 4.86. The van der Waals surface area contributed by atoms with Gasteiger partial charge in [0, 0.05) is 10.5 Å². The van der Waals surface area contributed by atoms with Crippen LogP contribution in [0.25, 0.3) is 0 Å². The molecule has 2 unspecified atom stereocenters. The maximum absolute atomic E-state index is 9.82. The molecule has 0 aromatic rings. The van der Waals surface area contributed by atoms with Crippen molar-refractivity contribution in [3.8, 4) is 0 Å². The molecule has 0 aromatic heterocycles. The number of thiol groups is 1. The van der Waals surface area contributed by atoms with E-state index in [1.54, 1.807) is 0 Å². The lowest BCUT2D eigenvalue weighted by molar-refractivity contribution is 0.529. The minimum Gasteiger partial charge on any atom is -0.210 e. The van der Waals surface area contributed by atoms with Gasteiger partial charge in [-0.05, 0) is 24.8 Å². The lowest BCUT2D eigenvalue weighted by atomic mass is 10.00. The zero-order valence-corrected chi connectivity index (χ0v) is 7.90. The SMILES string of the molecule is O=C=NSC1CCCCC1S. The highest BCUT2D eigenvalue weighted by atomic mass is 32.2. The smallest absolute Gasteiger partial charge is 0.210 e. The molecule has 1 aliphatic rings. The van der Waals surface area contributed by atoms with Crippen molar-refractivity contribution in [3.63, 3.8) is 0 Å². The van der Waals surface area contributed by atoms with Crippen LogP contribution in [0.1, 0.15) is 25.7 Å². The van der Waals surface area contributed by atoms with Gasteiger partial charge in [-0.25, -0.2) is 4.79 Å². The van der Waals surface area contributed by atoms with Crippen LogP contribution in [0.4, 0.5) is 0 Å². The molecule has 0 spiro atoms. The second-order valence-corrected chi connectivity index (χ2v) is 4.34. The van der Waals surface area contributed by atoms with Gasteiger partial charge in [0.2, 0.25) is 6.08 Å². The lowest BCUT2D eigenvalue weighted by Crippen LogP contribution is -2.21. The molecular weight excluding hydrogens is 178 g/mol. The first-order chi connectivity index (χ1) is 5.34. The average Bonchev–Trinajstić information content (AvgIpc) is 2.03. The molecule has 4 heteroatoms. The number of isocyanates is 1. The van der Waals surface area contributed by atoms with E-state index in [0.717, 1.165) is 12.8 Å². The van der Waals surface area contributed by atoms with Gasteiger partial charge >= 0.3 is 0 Å². The summed E-state index contributed by atoms with van der Waals surface area (Å²) >= 11 is 5.75. The fourth-order valence-electron chi connectivity index (χ4n) is 1.29. The highest BCUT2D eigenvalue weighted by molar-refractivity contribution is 7.99. The van der Waals surface area contributed by atoms with E-state index in [1.165, 1.54) is 30.9 Å². The maximum atomic E-state index is 9.82. The summed E-state index contributed by atoms with van der Waals surface area (Å²) < 4.78 is 3.51. The molecule has 1 saturated carbocycles. The molecule has 2 nitrogen and oxygen atoms in total. The fraction of sp³-hybridized carbons (Fsp3) is 0.857. The third-order valence-electron chi connectivity index (χ3n) is 1.89. The summed E-state index contributed by atoms with van der Waals surface area (Å²) in [5, 5.41) is 0.833. The van der Waals surface area contributed by atoms with E-state index in [9.17, 15) is 4.79 Å². The third kappa shape index (κ3) is 2.89. The van der Waals surface area contributed by atoms with Crippen LogP contribution in [0.2, 0.25) is 0 Å². The molecule has 0 N–H and O–H groups in total. The largest absolute Gasteiger partial charge is 0.247 e. The lowest BCUT2D eigenvalue weighted by Gasteiger charge is -2.24. The maximum Gasteiger partial charge on any atom is 0.247 e. The Kier molecular flexibility index (Phi) is 4.05. The van der Waals surface area contributed by atoms with Crippen LogP contribution in [0, 0.1) is 0 Å². The molecule has 0 heterocycles. The number of rotatable bonds is 2. The molecule has 0 saturated heterocycles. The van der Waals surface area contributed by atoms with Crippen LogP contribution in [0.3, 0.4) is 0 Å². The monoisotopic (exact) mass is 189 g/mol. The molecule has 0 aromatic carbocycles. The van der Waals surface area contributed by atoms with Gasteiger partial charge < -0.3 is 0 Å². The van der Waals surface area contributed by atoms with Crippen LogP contribution in [-0.2, 0) is 4.79 Å². The molecule has 2 atom stereocenters. The van der Waals surface area contributed by atoms with Crippen molar-refractivity contribution in [2.75, 3.05) is 0 Å². The molecule has 0 radical (unpaired) electrons. The zero-order valence-electron chi connectivity index (χ0n) is 6.19. The van der Waals surface area contributed by atoms with Gasteiger partial charge in [-0.3, -0.25) is 0 Å². The van der Waals surface area contributed by atoms with E-state index in [2.05, 4.69) is 17.0 Å². The van der Waals surface area contributed by atoms with Crippen molar-refractivity contribution in [2.24, 2.45) is 4.40 Å². The number of nitrogens with zero attached hydrogens (tertiary/aromatic N) is 1. The summed E-state index contributed by atoms with van der Waals surface area (Å²) in [5.41, 5.74) is 0. The fourth-order valence-corrected chi connectivity index (χ4v) is 2.51. The highest BCUT2D eigenvalue weighted by Crippen LogP contribution is 2.31. The van der Waals surface area contributed by atoms with Crippen molar-refractivity contribution < 1.29 is 4.79 Å². The Morgan fingerprint density at radius 1 is 1.45 bits per heavy atom. The first kappa shape index (κ1) is 9.17. The Hall–Kier alpha value is 0.0800. The molecule has 1 rings (SSSR count). The first-order valence-corrected chi connectivity index (χ1v) is 5.11. The molecule has 1 fully saturated rings. The third-order valence-corrected chi connectivity index (χ3v) is 3.73. The number of hydrogen-bond donors (Lipinski definition) is 1. The number of hydrogen-bond acceptors (Lipinski definition) is 4. The second-order valence-electron chi connectivity index (χ2n) is 2.68. The van der Waals surface area contributed by atoms with Gasteiger partial charge in [-0.2, -0.15) is 12.6 Å². The van der Waals surface area contributed by atoms with E-state index in [0.29, 0.717) is 10.5 Å². The molecule has 0 bridgehead atoms.